The lowest BCUT2D eigenvalue weighted by molar-refractivity contribution is -0.147. The number of rotatable bonds is 5. The van der Waals surface area contributed by atoms with E-state index in [1.807, 2.05) is 13.0 Å². The van der Waals surface area contributed by atoms with Gasteiger partial charge in [-0.05, 0) is 31.0 Å². The third-order valence-corrected chi connectivity index (χ3v) is 9.84. The molecule has 0 fully saturated rings. The molecule has 0 bridgehead atoms. The van der Waals surface area contributed by atoms with E-state index in [2.05, 4.69) is 61.6 Å². The third kappa shape index (κ3) is 2.92. The zero-order chi connectivity index (χ0) is 17.6. The van der Waals surface area contributed by atoms with Crippen molar-refractivity contribution in [3.8, 4) is 0 Å². The molecule has 0 aromatic rings. The molecule has 1 aliphatic carbocycles. The summed E-state index contributed by atoms with van der Waals surface area (Å²) in [4.78, 5) is 12.4. The lowest BCUT2D eigenvalue weighted by Gasteiger charge is -2.60. The average molecular weight is 327 g/mol. The monoisotopic (exact) mass is 326 g/mol. The maximum atomic E-state index is 12.4. The van der Waals surface area contributed by atoms with E-state index in [9.17, 15) is 4.79 Å². The van der Waals surface area contributed by atoms with Crippen LogP contribution in [0.25, 0.3) is 0 Å². The van der Waals surface area contributed by atoms with Crippen LogP contribution >= 0.6 is 0 Å². The summed E-state index contributed by atoms with van der Waals surface area (Å²) in [5.41, 5.74) is -0.0136. The van der Waals surface area contributed by atoms with Gasteiger partial charge in [0.1, 0.15) is 0 Å². The van der Waals surface area contributed by atoms with Crippen LogP contribution in [-0.4, -0.2) is 26.5 Å². The molecule has 0 N–H and O–H groups in total. The van der Waals surface area contributed by atoms with Crippen molar-refractivity contribution in [3.05, 3.63) is 11.6 Å². The second kappa shape index (κ2) is 5.79. The van der Waals surface area contributed by atoms with Crippen molar-refractivity contribution >= 4 is 14.3 Å². The maximum Gasteiger partial charge on any atom is 0.336 e. The van der Waals surface area contributed by atoms with E-state index < -0.39 is 13.9 Å². The minimum Gasteiger partial charge on any atom is -0.463 e. The van der Waals surface area contributed by atoms with Crippen molar-refractivity contribution in [2.24, 2.45) is 11.3 Å². The van der Waals surface area contributed by atoms with Gasteiger partial charge in [0.25, 0.3) is 0 Å². The zero-order valence-electron chi connectivity index (χ0n) is 16.1. The number of hydrogen-bond donors (Lipinski definition) is 0. The van der Waals surface area contributed by atoms with Crippen molar-refractivity contribution in [3.63, 3.8) is 0 Å². The first-order chi connectivity index (χ1) is 9.73. The van der Waals surface area contributed by atoms with Gasteiger partial charge in [-0.25, -0.2) is 4.79 Å². The van der Waals surface area contributed by atoms with Crippen molar-refractivity contribution < 1.29 is 14.0 Å². The van der Waals surface area contributed by atoms with E-state index in [4.69, 9.17) is 9.16 Å². The van der Waals surface area contributed by atoms with E-state index in [1.54, 1.807) is 0 Å². The summed E-state index contributed by atoms with van der Waals surface area (Å²) in [6.07, 6.45) is 2.03. The summed E-state index contributed by atoms with van der Waals surface area (Å²) >= 11 is 0. The number of esters is 1. The number of ether oxygens (including phenoxy) is 1. The quantitative estimate of drug-likeness (QED) is 0.530. The summed E-state index contributed by atoms with van der Waals surface area (Å²) in [6, 6.07) is 0. The first kappa shape index (κ1) is 19.4. The summed E-state index contributed by atoms with van der Waals surface area (Å²) < 4.78 is 12.1. The molecule has 0 aromatic carbocycles. The molecule has 0 aliphatic heterocycles. The van der Waals surface area contributed by atoms with Gasteiger partial charge < -0.3 is 9.16 Å². The third-order valence-electron chi connectivity index (χ3n) is 5.39. The van der Waals surface area contributed by atoms with Crippen LogP contribution in [0.1, 0.15) is 55.4 Å². The van der Waals surface area contributed by atoms with Crippen molar-refractivity contribution in [1.82, 2.24) is 0 Å². The highest BCUT2D eigenvalue weighted by Gasteiger charge is 2.62. The first-order valence-electron chi connectivity index (χ1n) is 8.33. The molecule has 0 spiro atoms. The van der Waals surface area contributed by atoms with E-state index in [1.165, 1.54) is 0 Å². The summed E-state index contributed by atoms with van der Waals surface area (Å²) in [5, 5.41) is 0.0976. The lowest BCUT2D eigenvalue weighted by Crippen LogP contribution is -2.65. The lowest BCUT2D eigenvalue weighted by atomic mass is 9.56. The molecular formula is C18H34O3Si. The molecule has 22 heavy (non-hydrogen) atoms. The summed E-state index contributed by atoms with van der Waals surface area (Å²) in [5.74, 6) is -0.0183. The SMILES string of the molecule is CCOC(=O)C1=CC(C)(C)C1(O[Si](C)(C)C(C)(C)C)C(C)C. The smallest absolute Gasteiger partial charge is 0.336 e. The topological polar surface area (TPSA) is 35.5 Å². The van der Waals surface area contributed by atoms with Crippen molar-refractivity contribution in [1.29, 1.82) is 0 Å². The van der Waals surface area contributed by atoms with Gasteiger partial charge in [0.2, 0.25) is 0 Å². The summed E-state index contributed by atoms with van der Waals surface area (Å²) in [6.45, 7) is 22.0. The van der Waals surface area contributed by atoms with Crippen LogP contribution in [0, 0.1) is 11.3 Å². The van der Waals surface area contributed by atoms with Crippen LogP contribution in [-0.2, 0) is 14.0 Å². The van der Waals surface area contributed by atoms with Crippen molar-refractivity contribution in [2.75, 3.05) is 6.61 Å². The molecule has 0 saturated heterocycles. The molecule has 0 radical (unpaired) electrons. The number of hydrogen-bond acceptors (Lipinski definition) is 3. The normalized spacial score (nSPS) is 24.8. The van der Waals surface area contributed by atoms with Gasteiger partial charge in [-0.2, -0.15) is 0 Å². The Bertz CT molecular complexity index is 469. The van der Waals surface area contributed by atoms with Gasteiger partial charge >= 0.3 is 5.97 Å². The Morgan fingerprint density at radius 2 is 1.77 bits per heavy atom. The predicted octanol–water partition coefficient (Wildman–Crippen LogP) is 4.93. The average Bonchev–Trinajstić information content (AvgIpc) is 2.31. The van der Waals surface area contributed by atoms with E-state index in [0.717, 1.165) is 0 Å². The molecule has 4 heteroatoms. The van der Waals surface area contributed by atoms with Gasteiger partial charge in [-0.3, -0.25) is 0 Å². The van der Waals surface area contributed by atoms with Crippen molar-refractivity contribution in [2.45, 2.75) is 79.1 Å². The molecular weight excluding hydrogens is 292 g/mol. The zero-order valence-corrected chi connectivity index (χ0v) is 17.1. The minimum atomic E-state index is -2.02. The van der Waals surface area contributed by atoms with E-state index in [-0.39, 0.29) is 22.3 Å². The number of carbonyl (C=O) groups excluding carboxylic acids is 1. The minimum absolute atomic E-state index is 0.0976. The summed E-state index contributed by atoms with van der Waals surface area (Å²) in [7, 11) is -2.02. The van der Waals surface area contributed by atoms with E-state index in [0.29, 0.717) is 12.2 Å². The number of carbonyl (C=O) groups is 1. The molecule has 0 heterocycles. The van der Waals surface area contributed by atoms with Crippen LogP contribution in [0.2, 0.25) is 18.1 Å². The fourth-order valence-electron chi connectivity index (χ4n) is 3.18. The second-order valence-corrected chi connectivity index (χ2v) is 13.5. The highest BCUT2D eigenvalue weighted by molar-refractivity contribution is 6.74. The van der Waals surface area contributed by atoms with E-state index >= 15 is 0 Å². The highest BCUT2D eigenvalue weighted by Crippen LogP contribution is 2.58. The van der Waals surface area contributed by atoms with Gasteiger partial charge in [-0.1, -0.05) is 54.5 Å². The molecule has 1 rings (SSSR count). The standard InChI is InChI=1S/C18H34O3Si/c1-11-20-15(19)14-12-17(7,8)18(14,13(2)3)21-22(9,10)16(4,5)6/h12-13H,11H2,1-10H3. The fourth-order valence-corrected chi connectivity index (χ4v) is 4.90. The molecule has 1 unspecified atom stereocenters. The van der Waals surface area contributed by atoms with Crippen LogP contribution in [0.3, 0.4) is 0 Å². The second-order valence-electron chi connectivity index (χ2n) is 8.75. The Hall–Kier alpha value is -0.613. The highest BCUT2D eigenvalue weighted by atomic mass is 28.4. The molecule has 0 amide bonds. The molecule has 1 aliphatic rings. The predicted molar refractivity (Wildman–Crippen MR) is 94.3 cm³/mol. The van der Waals surface area contributed by atoms with Crippen LogP contribution in [0.5, 0.6) is 0 Å². The largest absolute Gasteiger partial charge is 0.463 e. The fraction of sp³-hybridized carbons (Fsp3) is 0.833. The van der Waals surface area contributed by atoms with Gasteiger partial charge in [-0.15, -0.1) is 0 Å². The molecule has 0 saturated carbocycles. The molecule has 0 aromatic heterocycles. The Balaban J connectivity index is 3.32. The van der Waals surface area contributed by atoms with Gasteiger partial charge in [0.05, 0.1) is 17.8 Å². The van der Waals surface area contributed by atoms with Crippen LogP contribution in [0.15, 0.2) is 11.6 Å². The van der Waals surface area contributed by atoms with Gasteiger partial charge in [0, 0.05) is 5.41 Å². The first-order valence-corrected chi connectivity index (χ1v) is 11.2. The van der Waals surface area contributed by atoms with Crippen LogP contribution < -0.4 is 0 Å². The molecule has 1 atom stereocenters. The van der Waals surface area contributed by atoms with Crippen LogP contribution in [0.4, 0.5) is 0 Å². The Labute approximate surface area is 137 Å². The van der Waals surface area contributed by atoms with Gasteiger partial charge in [0.15, 0.2) is 8.32 Å². The Morgan fingerprint density at radius 3 is 2.09 bits per heavy atom. The molecule has 128 valence electrons. The Kier molecular flexibility index (Phi) is 5.11. The maximum absolute atomic E-state index is 12.4. The molecule has 3 nitrogen and oxygen atoms in total. The Morgan fingerprint density at radius 1 is 1.27 bits per heavy atom.